The van der Waals surface area contributed by atoms with Gasteiger partial charge in [-0.3, -0.25) is 4.98 Å². The number of halogens is 3. The molecule has 1 nitrogen and oxygen atoms in total. The van der Waals surface area contributed by atoms with Gasteiger partial charge in [0, 0.05) is 5.39 Å². The van der Waals surface area contributed by atoms with Crippen molar-refractivity contribution in [3.05, 3.63) is 41.7 Å². The summed E-state index contributed by atoms with van der Waals surface area (Å²) in [4.78, 5) is 3.96. The van der Waals surface area contributed by atoms with E-state index in [1.807, 2.05) is 31.2 Å². The molecule has 0 N–H and O–H groups in total. The van der Waals surface area contributed by atoms with Gasteiger partial charge >= 0.3 is 0 Å². The Morgan fingerprint density at radius 3 is 2.56 bits per heavy atom. The van der Waals surface area contributed by atoms with Crippen LogP contribution in [0.15, 0.2) is 30.3 Å². The van der Waals surface area contributed by atoms with Crippen molar-refractivity contribution in [3.63, 3.8) is 0 Å². The molecule has 1 heterocycles. The van der Waals surface area contributed by atoms with Gasteiger partial charge in [0.15, 0.2) is 0 Å². The maximum absolute atomic E-state index is 12.7. The van der Waals surface area contributed by atoms with Crippen LogP contribution >= 0.6 is 15.9 Å². The average Bonchev–Trinajstić information content (AvgIpc) is 2.27. The van der Waals surface area contributed by atoms with Crippen molar-refractivity contribution in [3.8, 4) is 0 Å². The van der Waals surface area contributed by atoms with Crippen LogP contribution in [0.25, 0.3) is 10.8 Å². The lowest BCUT2D eigenvalue weighted by atomic mass is 10.1. The fourth-order valence-corrected chi connectivity index (χ4v) is 2.01. The van der Waals surface area contributed by atoms with Crippen LogP contribution in [0.5, 0.6) is 0 Å². The van der Waals surface area contributed by atoms with E-state index in [-0.39, 0.29) is 10.5 Å². The van der Waals surface area contributed by atoms with E-state index in [1.165, 1.54) is 6.07 Å². The van der Waals surface area contributed by atoms with Crippen LogP contribution in [0.2, 0.25) is 0 Å². The molecule has 16 heavy (non-hydrogen) atoms. The number of fused-ring (bicyclic) bond motifs is 1. The number of rotatable bonds is 2. The largest absolute Gasteiger partial charge is 0.280 e. The first-order valence-electron chi connectivity index (χ1n) is 4.91. The molecule has 1 aromatic heterocycles. The Kier molecular flexibility index (Phi) is 3.19. The molecule has 0 aliphatic rings. The highest BCUT2D eigenvalue weighted by Gasteiger charge is 2.15. The molecule has 0 fully saturated rings. The maximum Gasteiger partial charge on any atom is 0.280 e. The topological polar surface area (TPSA) is 12.9 Å². The molecule has 2 aromatic rings. The van der Waals surface area contributed by atoms with Crippen molar-refractivity contribution in [1.82, 2.24) is 4.98 Å². The molecule has 0 amide bonds. The van der Waals surface area contributed by atoms with Gasteiger partial charge in [0.1, 0.15) is 5.69 Å². The first-order chi connectivity index (χ1) is 7.59. The molecular weight excluding hydrogens is 276 g/mol. The fraction of sp³-hybridized carbons (Fsp3) is 0.250. The van der Waals surface area contributed by atoms with Gasteiger partial charge in [-0.05, 0) is 18.4 Å². The lowest BCUT2D eigenvalue weighted by molar-refractivity contribution is 0.146. The maximum atomic E-state index is 12.7. The summed E-state index contributed by atoms with van der Waals surface area (Å²) >= 11 is 3.38. The second kappa shape index (κ2) is 4.45. The van der Waals surface area contributed by atoms with Gasteiger partial charge in [0.05, 0.1) is 10.5 Å². The number of hydrogen-bond donors (Lipinski definition) is 0. The van der Waals surface area contributed by atoms with Crippen molar-refractivity contribution in [1.29, 1.82) is 0 Å². The number of alkyl halides is 3. The summed E-state index contributed by atoms with van der Waals surface area (Å²) in [6, 6.07) is 8.87. The van der Waals surface area contributed by atoms with Gasteiger partial charge < -0.3 is 0 Å². The number of hydrogen-bond acceptors (Lipinski definition) is 1. The number of benzene rings is 1. The molecule has 1 atom stereocenters. The predicted octanol–water partition coefficient (Wildman–Crippen LogP) is 4.63. The van der Waals surface area contributed by atoms with Crippen LogP contribution in [-0.4, -0.2) is 4.98 Å². The van der Waals surface area contributed by atoms with Crippen LogP contribution in [0.3, 0.4) is 0 Å². The first kappa shape index (κ1) is 11.5. The Hall–Kier alpha value is -1.03. The standard InChI is InChI=1S/C12H10BrF2N/c1-7(13)11-9-5-3-2-4-8(9)6-10(16-11)12(14)15/h2-7,12H,1H3. The quantitative estimate of drug-likeness (QED) is 0.733. The lowest BCUT2D eigenvalue weighted by Crippen LogP contribution is -1.98. The molecule has 1 unspecified atom stereocenters. The molecule has 0 saturated carbocycles. The van der Waals surface area contributed by atoms with E-state index >= 15 is 0 Å². The zero-order valence-electron chi connectivity index (χ0n) is 8.62. The zero-order valence-corrected chi connectivity index (χ0v) is 10.2. The van der Waals surface area contributed by atoms with Crippen LogP contribution in [0, 0.1) is 0 Å². The van der Waals surface area contributed by atoms with Gasteiger partial charge in [-0.15, -0.1) is 0 Å². The Morgan fingerprint density at radius 2 is 1.94 bits per heavy atom. The van der Waals surface area contributed by atoms with Crippen LogP contribution in [-0.2, 0) is 0 Å². The van der Waals surface area contributed by atoms with E-state index in [0.29, 0.717) is 5.69 Å². The van der Waals surface area contributed by atoms with Gasteiger partial charge in [0.2, 0.25) is 0 Å². The highest BCUT2D eigenvalue weighted by molar-refractivity contribution is 9.09. The third-order valence-corrected chi connectivity index (χ3v) is 2.82. The molecule has 0 aliphatic heterocycles. The van der Waals surface area contributed by atoms with Crippen molar-refractivity contribution < 1.29 is 8.78 Å². The molecular formula is C12H10BrF2N. The number of pyridine rings is 1. The third kappa shape index (κ3) is 2.07. The molecule has 1 aromatic carbocycles. The highest BCUT2D eigenvalue weighted by Crippen LogP contribution is 2.30. The second-order valence-electron chi connectivity index (χ2n) is 3.57. The Labute approximate surface area is 101 Å². The average molecular weight is 286 g/mol. The first-order valence-corrected chi connectivity index (χ1v) is 5.83. The molecule has 84 valence electrons. The molecule has 0 radical (unpaired) electrons. The summed E-state index contributed by atoms with van der Waals surface area (Å²) in [7, 11) is 0. The van der Waals surface area contributed by atoms with Gasteiger partial charge in [-0.25, -0.2) is 8.78 Å². The van der Waals surface area contributed by atoms with E-state index in [1.54, 1.807) is 0 Å². The summed E-state index contributed by atoms with van der Waals surface area (Å²) in [6.07, 6.45) is -2.53. The van der Waals surface area contributed by atoms with Crippen LogP contribution in [0.4, 0.5) is 8.78 Å². The Balaban J connectivity index is 2.74. The van der Waals surface area contributed by atoms with E-state index in [4.69, 9.17) is 0 Å². The Morgan fingerprint density at radius 1 is 1.25 bits per heavy atom. The summed E-state index contributed by atoms with van der Waals surface area (Å²) < 4.78 is 25.3. The van der Waals surface area contributed by atoms with Gasteiger partial charge in [-0.2, -0.15) is 0 Å². The molecule has 0 aliphatic carbocycles. The van der Waals surface area contributed by atoms with Crippen LogP contribution < -0.4 is 0 Å². The fourth-order valence-electron chi connectivity index (χ4n) is 1.66. The normalized spacial score (nSPS) is 13.3. The molecule has 4 heteroatoms. The highest BCUT2D eigenvalue weighted by atomic mass is 79.9. The van der Waals surface area contributed by atoms with Crippen molar-refractivity contribution in [2.24, 2.45) is 0 Å². The summed E-state index contributed by atoms with van der Waals surface area (Å²) in [5.41, 5.74) is 0.494. The van der Waals surface area contributed by atoms with Crippen molar-refractivity contribution >= 4 is 26.7 Å². The molecule has 0 spiro atoms. The molecule has 0 saturated heterocycles. The zero-order chi connectivity index (χ0) is 11.7. The molecule has 2 rings (SSSR count). The van der Waals surface area contributed by atoms with E-state index in [0.717, 1.165) is 10.8 Å². The monoisotopic (exact) mass is 285 g/mol. The van der Waals surface area contributed by atoms with E-state index in [9.17, 15) is 8.78 Å². The van der Waals surface area contributed by atoms with Gasteiger partial charge in [0.25, 0.3) is 6.43 Å². The Bertz CT molecular complexity index is 511. The number of nitrogens with zero attached hydrogens (tertiary/aromatic N) is 1. The van der Waals surface area contributed by atoms with Crippen LogP contribution in [0.1, 0.15) is 29.6 Å². The molecule has 0 bridgehead atoms. The van der Waals surface area contributed by atoms with Crippen molar-refractivity contribution in [2.75, 3.05) is 0 Å². The van der Waals surface area contributed by atoms with E-state index < -0.39 is 6.43 Å². The summed E-state index contributed by atoms with van der Waals surface area (Å²) in [5, 5.41) is 1.71. The SMILES string of the molecule is CC(Br)c1nc(C(F)F)cc2ccccc12. The minimum atomic E-state index is -2.53. The third-order valence-electron chi connectivity index (χ3n) is 2.39. The van der Waals surface area contributed by atoms with E-state index in [2.05, 4.69) is 20.9 Å². The summed E-state index contributed by atoms with van der Waals surface area (Å²) in [6.45, 7) is 1.88. The minimum absolute atomic E-state index is 0.0453. The van der Waals surface area contributed by atoms with Gasteiger partial charge in [-0.1, -0.05) is 40.2 Å². The second-order valence-corrected chi connectivity index (χ2v) is 4.94. The number of aromatic nitrogens is 1. The summed E-state index contributed by atoms with van der Waals surface area (Å²) in [5.74, 6) is 0. The van der Waals surface area contributed by atoms with Crippen molar-refractivity contribution in [2.45, 2.75) is 18.2 Å². The minimum Gasteiger partial charge on any atom is -0.250 e. The predicted molar refractivity (Wildman–Crippen MR) is 64.0 cm³/mol. The smallest absolute Gasteiger partial charge is 0.250 e. The lowest BCUT2D eigenvalue weighted by Gasteiger charge is -2.10.